The van der Waals surface area contributed by atoms with Crippen molar-refractivity contribution in [1.29, 1.82) is 0 Å². The van der Waals surface area contributed by atoms with E-state index in [1.54, 1.807) is 0 Å². The van der Waals surface area contributed by atoms with Crippen LogP contribution in [0.5, 0.6) is 0 Å². The lowest BCUT2D eigenvalue weighted by Crippen LogP contribution is -2.37. The van der Waals surface area contributed by atoms with Crippen LogP contribution in [0, 0.1) is 6.92 Å². The highest BCUT2D eigenvalue weighted by molar-refractivity contribution is 7.80. The van der Waals surface area contributed by atoms with Gasteiger partial charge in [0.15, 0.2) is 5.11 Å². The summed E-state index contributed by atoms with van der Waals surface area (Å²) in [5.74, 6) is 0. The lowest BCUT2D eigenvalue weighted by atomic mass is 10.4. The molecule has 0 saturated heterocycles. The lowest BCUT2D eigenvalue weighted by Gasteiger charge is -2.09. The Hall–Kier alpha value is -1.10. The van der Waals surface area contributed by atoms with E-state index in [9.17, 15) is 0 Å². The maximum atomic E-state index is 5.16. The van der Waals surface area contributed by atoms with Gasteiger partial charge < -0.3 is 10.6 Å². The Balaban J connectivity index is 1.55. The third-order valence-corrected chi connectivity index (χ3v) is 2.80. The summed E-state index contributed by atoms with van der Waals surface area (Å²) in [6, 6.07) is 2.65. The predicted molar refractivity (Wildman–Crippen MR) is 68.3 cm³/mol. The summed E-state index contributed by atoms with van der Waals surface area (Å²) >= 11 is 5.16. The number of aryl methyl sites for hydroxylation is 2. The number of aromatic nitrogens is 2. The largest absolute Gasteiger partial charge is 0.363 e. The molecule has 2 N–H and O–H groups in total. The molecule has 16 heavy (non-hydrogen) atoms. The number of rotatable bonds is 5. The van der Waals surface area contributed by atoms with Crippen molar-refractivity contribution in [2.24, 2.45) is 0 Å². The quantitative estimate of drug-likeness (QED) is 0.597. The van der Waals surface area contributed by atoms with Crippen LogP contribution in [0.1, 0.15) is 25.0 Å². The second kappa shape index (κ2) is 5.30. The first-order valence-corrected chi connectivity index (χ1v) is 6.19. The van der Waals surface area contributed by atoms with Crippen molar-refractivity contribution in [3.05, 3.63) is 18.0 Å². The van der Waals surface area contributed by atoms with Gasteiger partial charge in [0.1, 0.15) is 0 Å². The van der Waals surface area contributed by atoms with Crippen LogP contribution in [0.3, 0.4) is 0 Å². The summed E-state index contributed by atoms with van der Waals surface area (Å²) in [4.78, 5) is 0. The van der Waals surface area contributed by atoms with Gasteiger partial charge in [-0.2, -0.15) is 5.10 Å². The van der Waals surface area contributed by atoms with Gasteiger partial charge in [-0.3, -0.25) is 4.68 Å². The van der Waals surface area contributed by atoms with Gasteiger partial charge in [-0.1, -0.05) is 0 Å². The molecular weight excluding hydrogens is 220 g/mol. The Kier molecular flexibility index (Phi) is 3.77. The molecule has 88 valence electrons. The first kappa shape index (κ1) is 11.4. The minimum absolute atomic E-state index is 0.633. The molecule has 1 saturated carbocycles. The van der Waals surface area contributed by atoms with Crippen molar-refractivity contribution in [2.45, 2.75) is 38.8 Å². The van der Waals surface area contributed by atoms with Crippen molar-refractivity contribution < 1.29 is 0 Å². The molecule has 1 fully saturated rings. The molecule has 0 spiro atoms. The fourth-order valence-corrected chi connectivity index (χ4v) is 1.76. The lowest BCUT2D eigenvalue weighted by molar-refractivity contribution is 0.568. The van der Waals surface area contributed by atoms with E-state index < -0.39 is 0 Å². The van der Waals surface area contributed by atoms with Crippen LogP contribution in [0.25, 0.3) is 0 Å². The standard InChI is InChI=1S/C11H18N4S/c1-9-5-8-15(14-9)7-2-6-12-11(16)13-10-3-4-10/h5,8,10H,2-4,6-7H2,1H3,(H2,12,13,16). The zero-order valence-electron chi connectivity index (χ0n) is 9.57. The van der Waals surface area contributed by atoms with Crippen molar-refractivity contribution in [3.8, 4) is 0 Å². The highest BCUT2D eigenvalue weighted by Crippen LogP contribution is 2.18. The first-order valence-electron chi connectivity index (χ1n) is 5.78. The van der Waals surface area contributed by atoms with Gasteiger partial charge in [0.2, 0.25) is 0 Å². The Bertz CT molecular complexity index is 357. The minimum atomic E-state index is 0.633. The zero-order valence-corrected chi connectivity index (χ0v) is 10.4. The number of hydrogen-bond donors (Lipinski definition) is 2. The molecule has 1 aliphatic rings. The number of nitrogens with one attached hydrogen (secondary N) is 2. The topological polar surface area (TPSA) is 41.9 Å². The van der Waals surface area contributed by atoms with Crippen molar-refractivity contribution >= 4 is 17.3 Å². The maximum Gasteiger partial charge on any atom is 0.166 e. The van der Waals surface area contributed by atoms with E-state index in [1.165, 1.54) is 12.8 Å². The second-order valence-electron chi connectivity index (χ2n) is 4.25. The Morgan fingerprint density at radius 3 is 3.06 bits per heavy atom. The van der Waals surface area contributed by atoms with E-state index in [-0.39, 0.29) is 0 Å². The molecule has 1 aromatic heterocycles. The van der Waals surface area contributed by atoms with Gasteiger partial charge in [-0.25, -0.2) is 0 Å². The fraction of sp³-hybridized carbons (Fsp3) is 0.636. The molecule has 0 atom stereocenters. The second-order valence-corrected chi connectivity index (χ2v) is 4.66. The summed E-state index contributed by atoms with van der Waals surface area (Å²) in [5.41, 5.74) is 1.07. The monoisotopic (exact) mass is 238 g/mol. The van der Waals surface area contributed by atoms with Gasteiger partial charge in [-0.05, 0) is 44.5 Å². The third kappa shape index (κ3) is 3.81. The van der Waals surface area contributed by atoms with E-state index in [4.69, 9.17) is 12.2 Å². The molecule has 1 heterocycles. The van der Waals surface area contributed by atoms with Gasteiger partial charge in [0, 0.05) is 25.3 Å². The summed E-state index contributed by atoms with van der Waals surface area (Å²) < 4.78 is 1.97. The molecule has 0 aromatic carbocycles. The maximum absolute atomic E-state index is 5.16. The van der Waals surface area contributed by atoms with Gasteiger partial charge in [0.25, 0.3) is 0 Å². The van der Waals surface area contributed by atoms with Crippen LogP contribution in [0.2, 0.25) is 0 Å². The molecule has 0 unspecified atom stereocenters. The SMILES string of the molecule is Cc1ccn(CCCNC(=S)NC2CC2)n1. The van der Waals surface area contributed by atoms with E-state index in [2.05, 4.69) is 15.7 Å². The molecule has 0 amide bonds. The Morgan fingerprint density at radius 2 is 2.44 bits per heavy atom. The third-order valence-electron chi connectivity index (χ3n) is 2.54. The normalized spacial score (nSPS) is 14.8. The molecular formula is C11H18N4S. The molecule has 2 rings (SSSR count). The number of hydrogen-bond acceptors (Lipinski definition) is 2. The first-order chi connectivity index (χ1) is 7.74. The van der Waals surface area contributed by atoms with Gasteiger partial charge in [0.05, 0.1) is 5.69 Å². The number of nitrogens with zero attached hydrogens (tertiary/aromatic N) is 2. The summed E-state index contributed by atoms with van der Waals surface area (Å²) in [7, 11) is 0. The smallest absolute Gasteiger partial charge is 0.166 e. The fourth-order valence-electron chi connectivity index (χ4n) is 1.49. The van der Waals surface area contributed by atoms with Crippen LogP contribution in [-0.2, 0) is 6.54 Å². The number of thiocarbonyl (C=S) groups is 1. The summed E-state index contributed by atoms with van der Waals surface area (Å²) in [6.45, 7) is 3.84. The highest BCUT2D eigenvalue weighted by Gasteiger charge is 2.21. The summed E-state index contributed by atoms with van der Waals surface area (Å²) in [5, 5.41) is 11.6. The van der Waals surface area contributed by atoms with Crippen molar-refractivity contribution in [1.82, 2.24) is 20.4 Å². The van der Waals surface area contributed by atoms with Crippen LogP contribution in [-0.4, -0.2) is 27.5 Å². The van der Waals surface area contributed by atoms with Crippen molar-refractivity contribution in [2.75, 3.05) is 6.54 Å². The van der Waals surface area contributed by atoms with Crippen LogP contribution >= 0.6 is 12.2 Å². The molecule has 0 bridgehead atoms. The Labute approximate surface area is 101 Å². The average molecular weight is 238 g/mol. The van der Waals surface area contributed by atoms with Crippen molar-refractivity contribution in [3.63, 3.8) is 0 Å². The molecule has 1 aliphatic carbocycles. The summed E-state index contributed by atoms with van der Waals surface area (Å²) in [6.07, 6.45) is 5.56. The molecule has 1 aromatic rings. The van der Waals surface area contributed by atoms with E-state index >= 15 is 0 Å². The van der Waals surface area contributed by atoms with E-state index in [1.807, 2.05) is 23.9 Å². The van der Waals surface area contributed by atoms with E-state index in [0.717, 1.165) is 30.3 Å². The Morgan fingerprint density at radius 1 is 1.62 bits per heavy atom. The molecule has 5 heteroatoms. The van der Waals surface area contributed by atoms with Gasteiger partial charge >= 0.3 is 0 Å². The van der Waals surface area contributed by atoms with E-state index in [0.29, 0.717) is 6.04 Å². The zero-order chi connectivity index (χ0) is 11.4. The average Bonchev–Trinajstić information content (AvgIpc) is 2.95. The van der Waals surface area contributed by atoms with Crippen LogP contribution in [0.4, 0.5) is 0 Å². The van der Waals surface area contributed by atoms with Crippen LogP contribution < -0.4 is 10.6 Å². The van der Waals surface area contributed by atoms with Gasteiger partial charge in [-0.15, -0.1) is 0 Å². The molecule has 0 aliphatic heterocycles. The predicted octanol–water partition coefficient (Wildman–Crippen LogP) is 1.21. The highest BCUT2D eigenvalue weighted by atomic mass is 32.1. The molecule has 4 nitrogen and oxygen atoms in total. The molecule has 0 radical (unpaired) electrons. The minimum Gasteiger partial charge on any atom is -0.363 e. The van der Waals surface area contributed by atoms with Crippen LogP contribution in [0.15, 0.2) is 12.3 Å².